The summed E-state index contributed by atoms with van der Waals surface area (Å²) in [5.74, 6) is 1.18. The summed E-state index contributed by atoms with van der Waals surface area (Å²) >= 11 is 2.98. The number of fused-ring (bicyclic) bond motifs is 3. The van der Waals surface area contributed by atoms with Crippen molar-refractivity contribution in [1.29, 1.82) is 0 Å². The summed E-state index contributed by atoms with van der Waals surface area (Å²) in [6.45, 7) is 10.6. The lowest BCUT2D eigenvalue weighted by Gasteiger charge is -2.18. The van der Waals surface area contributed by atoms with Crippen molar-refractivity contribution >= 4 is 45.0 Å². The molecule has 7 nitrogen and oxygen atoms in total. The number of carbonyl (C=O) groups excluding carboxylic acids is 1. The standard InChI is InChI=1S/C22H29N5O2S2/c1-6-26-21(29)18-15-8-7-13(4)11-16(15)31-20(18)25-22(26)30-14(5)19(28)24-17-9-10-23-27(17)12(2)3/h9-10,12-14H,6-8,11H2,1-5H3,(H,24,28). The van der Waals surface area contributed by atoms with Crippen molar-refractivity contribution in [3.63, 3.8) is 0 Å². The first-order valence-corrected chi connectivity index (χ1v) is 12.6. The second-order valence-corrected chi connectivity index (χ2v) is 10.9. The summed E-state index contributed by atoms with van der Waals surface area (Å²) in [4.78, 5) is 33.1. The van der Waals surface area contributed by atoms with Gasteiger partial charge in [0.05, 0.1) is 16.8 Å². The molecule has 0 aliphatic heterocycles. The van der Waals surface area contributed by atoms with Gasteiger partial charge in [-0.2, -0.15) is 5.10 Å². The first-order chi connectivity index (χ1) is 14.8. The van der Waals surface area contributed by atoms with Gasteiger partial charge in [0, 0.05) is 23.5 Å². The van der Waals surface area contributed by atoms with Crippen molar-refractivity contribution in [2.45, 2.75) is 76.9 Å². The lowest BCUT2D eigenvalue weighted by Crippen LogP contribution is -2.27. The molecule has 166 valence electrons. The number of nitrogens with zero attached hydrogens (tertiary/aromatic N) is 4. The molecule has 1 amide bonds. The van der Waals surface area contributed by atoms with E-state index in [1.807, 2.05) is 27.7 Å². The molecular weight excluding hydrogens is 430 g/mol. The summed E-state index contributed by atoms with van der Waals surface area (Å²) in [6.07, 6.45) is 4.76. The van der Waals surface area contributed by atoms with Crippen LogP contribution < -0.4 is 10.9 Å². The van der Waals surface area contributed by atoms with Crippen molar-refractivity contribution in [3.8, 4) is 0 Å². The molecule has 1 aliphatic rings. The van der Waals surface area contributed by atoms with Crippen LogP contribution in [0.15, 0.2) is 22.2 Å². The number of hydrogen-bond acceptors (Lipinski definition) is 6. The normalized spacial score (nSPS) is 17.2. The van der Waals surface area contributed by atoms with E-state index in [1.165, 1.54) is 22.2 Å². The maximum absolute atomic E-state index is 13.3. The maximum atomic E-state index is 13.3. The van der Waals surface area contributed by atoms with E-state index >= 15 is 0 Å². The Labute approximate surface area is 190 Å². The fourth-order valence-electron chi connectivity index (χ4n) is 4.04. The van der Waals surface area contributed by atoms with Gasteiger partial charge in [-0.15, -0.1) is 11.3 Å². The third-order valence-corrected chi connectivity index (χ3v) is 8.00. The first-order valence-electron chi connectivity index (χ1n) is 10.9. The predicted octanol–water partition coefficient (Wildman–Crippen LogP) is 4.50. The zero-order valence-corrected chi connectivity index (χ0v) is 20.3. The van der Waals surface area contributed by atoms with Gasteiger partial charge in [-0.3, -0.25) is 14.2 Å². The Kier molecular flexibility index (Phi) is 6.25. The topological polar surface area (TPSA) is 81.8 Å². The van der Waals surface area contributed by atoms with Gasteiger partial charge in [-0.05, 0) is 58.4 Å². The van der Waals surface area contributed by atoms with Gasteiger partial charge in [-0.1, -0.05) is 18.7 Å². The molecule has 9 heteroatoms. The highest BCUT2D eigenvalue weighted by molar-refractivity contribution is 8.00. The lowest BCUT2D eigenvalue weighted by atomic mass is 9.89. The number of carbonyl (C=O) groups is 1. The third-order valence-electron chi connectivity index (χ3n) is 5.76. The fourth-order valence-corrected chi connectivity index (χ4v) is 6.43. The Morgan fingerprint density at radius 1 is 1.39 bits per heavy atom. The van der Waals surface area contributed by atoms with Crippen LogP contribution in [0.5, 0.6) is 0 Å². The van der Waals surface area contributed by atoms with Crippen LogP contribution in [0.2, 0.25) is 0 Å². The molecule has 2 unspecified atom stereocenters. The van der Waals surface area contributed by atoms with E-state index in [9.17, 15) is 9.59 Å². The molecule has 31 heavy (non-hydrogen) atoms. The van der Waals surface area contributed by atoms with Crippen LogP contribution in [-0.4, -0.2) is 30.5 Å². The van der Waals surface area contributed by atoms with Crippen LogP contribution in [0, 0.1) is 5.92 Å². The molecule has 0 saturated carbocycles. The molecule has 0 aromatic carbocycles. The minimum atomic E-state index is -0.410. The monoisotopic (exact) mass is 459 g/mol. The Balaban J connectivity index is 1.62. The number of hydrogen-bond donors (Lipinski definition) is 1. The molecule has 4 rings (SSSR count). The quantitative estimate of drug-likeness (QED) is 0.434. The van der Waals surface area contributed by atoms with Crippen molar-refractivity contribution in [1.82, 2.24) is 19.3 Å². The Bertz CT molecular complexity index is 1180. The predicted molar refractivity (Wildman–Crippen MR) is 127 cm³/mol. The number of anilines is 1. The highest BCUT2D eigenvalue weighted by Crippen LogP contribution is 2.37. The molecule has 3 aromatic rings. The Morgan fingerprint density at radius 3 is 2.87 bits per heavy atom. The van der Waals surface area contributed by atoms with Gasteiger partial charge < -0.3 is 5.32 Å². The number of nitrogens with one attached hydrogen (secondary N) is 1. The largest absolute Gasteiger partial charge is 0.310 e. The number of aromatic nitrogens is 4. The number of aryl methyl sites for hydroxylation is 1. The smallest absolute Gasteiger partial charge is 0.263 e. The van der Waals surface area contributed by atoms with Crippen LogP contribution in [0.25, 0.3) is 10.2 Å². The van der Waals surface area contributed by atoms with Crippen LogP contribution in [-0.2, 0) is 24.2 Å². The summed E-state index contributed by atoms with van der Waals surface area (Å²) in [6, 6.07) is 1.94. The maximum Gasteiger partial charge on any atom is 0.263 e. The molecule has 0 fully saturated rings. The van der Waals surface area contributed by atoms with E-state index in [4.69, 9.17) is 4.98 Å². The lowest BCUT2D eigenvalue weighted by molar-refractivity contribution is -0.115. The third kappa shape index (κ3) is 4.17. The molecule has 3 heterocycles. The molecule has 0 radical (unpaired) electrons. The second kappa shape index (κ2) is 8.78. The van der Waals surface area contributed by atoms with Crippen LogP contribution in [0.4, 0.5) is 5.82 Å². The summed E-state index contributed by atoms with van der Waals surface area (Å²) in [7, 11) is 0. The number of thiophene rings is 1. The zero-order valence-electron chi connectivity index (χ0n) is 18.6. The van der Waals surface area contributed by atoms with Gasteiger partial charge in [0.2, 0.25) is 5.91 Å². The van der Waals surface area contributed by atoms with Gasteiger partial charge in [0.25, 0.3) is 5.56 Å². The van der Waals surface area contributed by atoms with Crippen molar-refractivity contribution in [2.24, 2.45) is 5.92 Å². The van der Waals surface area contributed by atoms with Gasteiger partial charge in [0.15, 0.2) is 5.16 Å². The molecule has 0 bridgehead atoms. The summed E-state index contributed by atoms with van der Waals surface area (Å²) in [5.41, 5.74) is 1.22. The highest BCUT2D eigenvalue weighted by atomic mass is 32.2. The Morgan fingerprint density at radius 2 is 2.16 bits per heavy atom. The van der Waals surface area contributed by atoms with Crippen LogP contribution in [0.3, 0.4) is 0 Å². The van der Waals surface area contributed by atoms with E-state index < -0.39 is 5.25 Å². The minimum absolute atomic E-state index is 0.0209. The average molecular weight is 460 g/mol. The van der Waals surface area contributed by atoms with Crippen molar-refractivity contribution in [2.75, 3.05) is 5.32 Å². The van der Waals surface area contributed by atoms with E-state index in [2.05, 4.69) is 17.3 Å². The molecule has 2 atom stereocenters. The van der Waals surface area contributed by atoms with Gasteiger partial charge in [-0.25, -0.2) is 9.67 Å². The van der Waals surface area contributed by atoms with E-state index in [0.29, 0.717) is 23.4 Å². The second-order valence-electron chi connectivity index (χ2n) is 8.48. The van der Waals surface area contributed by atoms with Crippen molar-refractivity contribution < 1.29 is 4.79 Å². The fraction of sp³-hybridized carbons (Fsp3) is 0.545. The molecule has 1 N–H and O–H groups in total. The molecule has 1 aliphatic carbocycles. The molecule has 0 saturated heterocycles. The zero-order chi connectivity index (χ0) is 22.3. The molecule has 0 spiro atoms. The highest BCUT2D eigenvalue weighted by Gasteiger charge is 2.26. The Hall–Kier alpha value is -2.13. The van der Waals surface area contributed by atoms with Crippen molar-refractivity contribution in [3.05, 3.63) is 33.1 Å². The summed E-state index contributed by atoms with van der Waals surface area (Å²) in [5, 5.41) is 8.20. The molecular formula is C22H29N5O2S2. The van der Waals surface area contributed by atoms with E-state index in [1.54, 1.807) is 32.8 Å². The first kappa shape index (κ1) is 22.1. The van der Waals surface area contributed by atoms with E-state index in [0.717, 1.165) is 29.5 Å². The van der Waals surface area contributed by atoms with Crippen LogP contribution in [0.1, 0.15) is 57.5 Å². The van der Waals surface area contributed by atoms with Gasteiger partial charge in [0.1, 0.15) is 10.6 Å². The molecule has 3 aromatic heterocycles. The van der Waals surface area contributed by atoms with Gasteiger partial charge >= 0.3 is 0 Å². The average Bonchev–Trinajstić information content (AvgIpc) is 3.31. The minimum Gasteiger partial charge on any atom is -0.310 e. The number of thioether (sulfide) groups is 1. The summed E-state index contributed by atoms with van der Waals surface area (Å²) < 4.78 is 3.49. The SMILES string of the molecule is CCn1c(SC(C)C(=O)Nc2ccnn2C(C)C)nc2sc3c(c2c1=O)CCC(C)C3. The van der Waals surface area contributed by atoms with E-state index in [-0.39, 0.29) is 17.5 Å². The number of amides is 1. The van der Waals surface area contributed by atoms with Crippen LogP contribution >= 0.6 is 23.1 Å². The number of rotatable bonds is 6.